The number of carbonyl (C=O) groups excluding carboxylic acids is 1. The van der Waals surface area contributed by atoms with E-state index in [1.54, 1.807) is 4.90 Å². The van der Waals surface area contributed by atoms with Crippen LogP contribution in [-0.2, 0) is 22.3 Å². The van der Waals surface area contributed by atoms with Crippen LogP contribution in [0.2, 0.25) is 0 Å². The van der Waals surface area contributed by atoms with Gasteiger partial charge in [-0.05, 0) is 44.5 Å². The summed E-state index contributed by atoms with van der Waals surface area (Å²) in [5.74, 6) is 3.74. The molecule has 0 aliphatic carbocycles. The van der Waals surface area contributed by atoms with Gasteiger partial charge >= 0.3 is 24.4 Å². The average molecular weight is 494 g/mol. The standard InChI is InChI=1S/C22H24F6N2O4/c1-14(21(23,24)25)34-19(33)30-8-6-29(7-9-30)13-16-10-15(4-5-20(2,3)18(31)32)11-17(12-16)22(26,27)28/h10-12,14H,6-9,13H2,1-3H3,(H,31,32). The Morgan fingerprint density at radius 2 is 1.65 bits per heavy atom. The van der Waals surface area contributed by atoms with Crippen molar-refractivity contribution in [2.24, 2.45) is 5.41 Å². The van der Waals surface area contributed by atoms with Crippen LogP contribution in [0.4, 0.5) is 31.1 Å². The maximum atomic E-state index is 13.4. The van der Waals surface area contributed by atoms with Crippen LogP contribution in [0.25, 0.3) is 0 Å². The number of halogens is 6. The third-order valence-corrected chi connectivity index (χ3v) is 5.15. The summed E-state index contributed by atoms with van der Waals surface area (Å²) in [4.78, 5) is 26.0. The van der Waals surface area contributed by atoms with E-state index in [0.717, 1.165) is 24.0 Å². The molecule has 1 aromatic rings. The molecule has 1 atom stereocenters. The second-order valence-electron chi connectivity index (χ2n) is 8.43. The van der Waals surface area contributed by atoms with E-state index < -0.39 is 41.5 Å². The van der Waals surface area contributed by atoms with Crippen molar-refractivity contribution in [2.45, 2.75) is 45.8 Å². The highest BCUT2D eigenvalue weighted by Crippen LogP contribution is 2.31. The van der Waals surface area contributed by atoms with Gasteiger partial charge in [0.2, 0.25) is 0 Å². The van der Waals surface area contributed by atoms with Gasteiger partial charge in [-0.3, -0.25) is 9.69 Å². The maximum absolute atomic E-state index is 13.4. The molecule has 1 fully saturated rings. The summed E-state index contributed by atoms with van der Waals surface area (Å²) in [5.41, 5.74) is -2.12. The van der Waals surface area contributed by atoms with Crippen LogP contribution in [0.3, 0.4) is 0 Å². The first kappa shape index (κ1) is 27.3. The zero-order chi connectivity index (χ0) is 25.9. The van der Waals surface area contributed by atoms with Gasteiger partial charge in [0.15, 0.2) is 6.10 Å². The highest BCUT2D eigenvalue weighted by molar-refractivity contribution is 5.77. The molecule has 188 valence electrons. The third-order valence-electron chi connectivity index (χ3n) is 5.15. The van der Waals surface area contributed by atoms with Gasteiger partial charge in [0.25, 0.3) is 0 Å². The van der Waals surface area contributed by atoms with Crippen LogP contribution in [0.1, 0.15) is 37.5 Å². The molecular formula is C22H24F6N2O4. The molecule has 12 heteroatoms. The number of carbonyl (C=O) groups is 2. The van der Waals surface area contributed by atoms with Gasteiger partial charge < -0.3 is 14.7 Å². The van der Waals surface area contributed by atoms with Crippen molar-refractivity contribution in [3.8, 4) is 11.8 Å². The summed E-state index contributed by atoms with van der Waals surface area (Å²) >= 11 is 0. The van der Waals surface area contributed by atoms with Crippen LogP contribution < -0.4 is 0 Å². The van der Waals surface area contributed by atoms with E-state index in [9.17, 15) is 35.9 Å². The molecule has 2 rings (SSSR count). The second-order valence-corrected chi connectivity index (χ2v) is 8.43. The molecule has 1 unspecified atom stereocenters. The van der Waals surface area contributed by atoms with Crippen molar-refractivity contribution < 1.29 is 45.8 Å². The minimum Gasteiger partial charge on any atom is -0.480 e. The van der Waals surface area contributed by atoms with Crippen LogP contribution in [-0.4, -0.2) is 65.4 Å². The van der Waals surface area contributed by atoms with Gasteiger partial charge in [-0.25, -0.2) is 4.79 Å². The van der Waals surface area contributed by atoms with Crippen molar-refractivity contribution in [3.63, 3.8) is 0 Å². The van der Waals surface area contributed by atoms with Crippen LogP contribution in [0, 0.1) is 17.3 Å². The average Bonchev–Trinajstić information content (AvgIpc) is 2.71. The number of rotatable bonds is 4. The van der Waals surface area contributed by atoms with E-state index in [4.69, 9.17) is 5.11 Å². The molecule has 34 heavy (non-hydrogen) atoms. The second kappa shape index (κ2) is 10.1. The number of hydrogen-bond acceptors (Lipinski definition) is 4. The quantitative estimate of drug-likeness (QED) is 0.497. The highest BCUT2D eigenvalue weighted by atomic mass is 19.4. The molecule has 1 saturated heterocycles. The van der Waals surface area contributed by atoms with Crippen LogP contribution >= 0.6 is 0 Å². The number of piperazine rings is 1. The highest BCUT2D eigenvalue weighted by Gasteiger charge is 2.40. The number of nitrogens with zero attached hydrogens (tertiary/aromatic N) is 2. The zero-order valence-corrected chi connectivity index (χ0v) is 18.7. The summed E-state index contributed by atoms with van der Waals surface area (Å²) in [5, 5.41) is 9.14. The normalized spacial score (nSPS) is 16.4. The number of amides is 1. The molecule has 0 saturated carbocycles. The molecule has 0 radical (unpaired) electrons. The largest absolute Gasteiger partial charge is 0.480 e. The van der Waals surface area contributed by atoms with Gasteiger partial charge in [-0.2, -0.15) is 26.3 Å². The van der Waals surface area contributed by atoms with Gasteiger partial charge in [0.1, 0.15) is 5.41 Å². The van der Waals surface area contributed by atoms with Gasteiger partial charge in [-0.1, -0.05) is 11.8 Å². The Morgan fingerprint density at radius 3 is 2.15 bits per heavy atom. The lowest BCUT2D eigenvalue weighted by Gasteiger charge is -2.34. The lowest BCUT2D eigenvalue weighted by Crippen LogP contribution is -2.49. The van der Waals surface area contributed by atoms with Gasteiger partial charge in [0, 0.05) is 38.3 Å². The SMILES string of the molecule is CC(OC(=O)N1CCN(Cc2cc(C#CC(C)(C)C(=O)O)cc(C(F)(F)F)c2)CC1)C(F)(F)F. The molecular weight excluding hydrogens is 470 g/mol. The number of carboxylic acid groups (broad SMARTS) is 1. The summed E-state index contributed by atoms with van der Waals surface area (Å²) in [6, 6.07) is 3.22. The Morgan fingerprint density at radius 1 is 1.06 bits per heavy atom. The molecule has 1 amide bonds. The summed E-state index contributed by atoms with van der Waals surface area (Å²) < 4.78 is 82.2. The molecule has 1 aliphatic heterocycles. The fourth-order valence-corrected chi connectivity index (χ4v) is 2.94. The van der Waals surface area contributed by atoms with E-state index in [0.29, 0.717) is 0 Å². The van der Waals surface area contributed by atoms with Crippen molar-refractivity contribution in [2.75, 3.05) is 26.2 Å². The monoisotopic (exact) mass is 494 g/mol. The molecule has 0 bridgehead atoms. The number of carboxylic acids is 1. The van der Waals surface area contributed by atoms with E-state index >= 15 is 0 Å². The minimum absolute atomic E-state index is 0.00232. The fourth-order valence-electron chi connectivity index (χ4n) is 2.94. The number of hydrogen-bond donors (Lipinski definition) is 1. The van der Waals surface area contributed by atoms with Crippen LogP contribution in [0.15, 0.2) is 18.2 Å². The Hall–Kier alpha value is -2.94. The lowest BCUT2D eigenvalue weighted by atomic mass is 9.94. The predicted octanol–water partition coefficient (Wildman–Crippen LogP) is 4.37. The summed E-state index contributed by atoms with van der Waals surface area (Å²) in [7, 11) is 0. The van der Waals surface area contributed by atoms with Crippen LogP contribution in [0.5, 0.6) is 0 Å². The molecule has 1 N–H and O–H groups in total. The van der Waals surface area contributed by atoms with Crippen molar-refractivity contribution in [3.05, 3.63) is 34.9 Å². The first-order valence-corrected chi connectivity index (χ1v) is 10.2. The molecule has 1 aliphatic rings. The van der Waals surface area contributed by atoms with Gasteiger partial charge in [0.05, 0.1) is 5.56 Å². The zero-order valence-electron chi connectivity index (χ0n) is 18.7. The number of aliphatic carboxylic acids is 1. The first-order chi connectivity index (χ1) is 15.5. The Balaban J connectivity index is 2.12. The lowest BCUT2D eigenvalue weighted by molar-refractivity contribution is -0.200. The van der Waals surface area contributed by atoms with E-state index in [1.807, 2.05) is 0 Å². The van der Waals surface area contributed by atoms with Crippen molar-refractivity contribution in [1.29, 1.82) is 0 Å². The van der Waals surface area contributed by atoms with Crippen molar-refractivity contribution >= 4 is 12.1 Å². The summed E-state index contributed by atoms with van der Waals surface area (Å²) in [6.07, 6.45) is -12.7. The molecule has 1 heterocycles. The van der Waals surface area contributed by atoms with E-state index in [1.165, 1.54) is 19.9 Å². The first-order valence-electron chi connectivity index (χ1n) is 10.2. The van der Waals surface area contributed by atoms with Crippen molar-refractivity contribution in [1.82, 2.24) is 9.80 Å². The topological polar surface area (TPSA) is 70.1 Å². The number of ether oxygens (including phenoxy) is 1. The summed E-state index contributed by atoms with van der Waals surface area (Å²) in [6.45, 7) is 3.96. The smallest absolute Gasteiger partial charge is 0.425 e. The van der Waals surface area contributed by atoms with Gasteiger partial charge in [-0.15, -0.1) is 0 Å². The Bertz CT molecular complexity index is 970. The molecule has 1 aromatic carbocycles. The predicted molar refractivity (Wildman–Crippen MR) is 109 cm³/mol. The maximum Gasteiger partial charge on any atom is 0.425 e. The van der Waals surface area contributed by atoms with E-state index in [2.05, 4.69) is 16.6 Å². The fraction of sp³-hybridized carbons (Fsp3) is 0.545. The molecule has 0 aromatic heterocycles. The molecule has 6 nitrogen and oxygen atoms in total. The Labute approximate surface area is 192 Å². The Kier molecular flexibility index (Phi) is 8.14. The number of alkyl halides is 6. The molecule has 0 spiro atoms. The minimum atomic E-state index is -4.68. The third kappa shape index (κ3) is 7.55. The number of benzene rings is 1. The van der Waals surface area contributed by atoms with E-state index in [-0.39, 0.29) is 43.9 Å².